The number of anilines is 1. The second-order valence-electron chi connectivity index (χ2n) is 4.06. The molecular formula is C12H7F3N2O3S. The lowest BCUT2D eigenvalue weighted by molar-refractivity contribution is -0.167. The molecule has 0 spiro atoms. The van der Waals surface area contributed by atoms with Crippen LogP contribution in [0.15, 0.2) is 23.6 Å². The van der Waals surface area contributed by atoms with E-state index in [1.807, 2.05) is 0 Å². The highest BCUT2D eigenvalue weighted by Crippen LogP contribution is 2.36. The van der Waals surface area contributed by atoms with Crippen LogP contribution in [0.25, 0.3) is 11.3 Å². The molecule has 110 valence electrons. The Labute approximate surface area is 120 Å². The summed E-state index contributed by atoms with van der Waals surface area (Å²) >= 11 is 0.907. The summed E-state index contributed by atoms with van der Waals surface area (Å²) in [6.45, 7) is 0.128. The van der Waals surface area contributed by atoms with Crippen molar-refractivity contribution in [3.05, 3.63) is 23.6 Å². The molecule has 0 saturated heterocycles. The summed E-state index contributed by atoms with van der Waals surface area (Å²) in [5, 5.41) is 3.14. The van der Waals surface area contributed by atoms with Crippen molar-refractivity contribution in [1.82, 2.24) is 4.98 Å². The Kier molecular flexibility index (Phi) is 3.20. The summed E-state index contributed by atoms with van der Waals surface area (Å²) in [6.07, 6.45) is -4.94. The molecule has 1 aromatic heterocycles. The summed E-state index contributed by atoms with van der Waals surface area (Å²) in [4.78, 5) is 14.8. The Bertz CT molecular complexity index is 699. The van der Waals surface area contributed by atoms with Gasteiger partial charge in [-0.15, -0.1) is 11.3 Å². The summed E-state index contributed by atoms with van der Waals surface area (Å²) in [5.74, 6) is -0.907. The van der Waals surface area contributed by atoms with Crippen molar-refractivity contribution >= 4 is 22.4 Å². The Morgan fingerprint density at radius 3 is 2.81 bits per heavy atom. The zero-order valence-electron chi connectivity index (χ0n) is 10.2. The predicted octanol–water partition coefficient (Wildman–Crippen LogP) is 3.04. The molecule has 1 N–H and O–H groups in total. The van der Waals surface area contributed by atoms with Gasteiger partial charge in [-0.05, 0) is 18.2 Å². The number of alkyl halides is 3. The maximum atomic E-state index is 12.1. The molecule has 0 atom stereocenters. The lowest BCUT2D eigenvalue weighted by atomic mass is 10.1. The predicted molar refractivity (Wildman–Crippen MR) is 68.4 cm³/mol. The maximum Gasteiger partial charge on any atom is 0.471 e. The zero-order chi connectivity index (χ0) is 15.0. The second kappa shape index (κ2) is 4.92. The average molecular weight is 316 g/mol. The first kappa shape index (κ1) is 13.7. The van der Waals surface area contributed by atoms with Crippen LogP contribution in [-0.4, -0.2) is 23.9 Å². The molecule has 0 aliphatic carbocycles. The minimum Gasteiger partial charge on any atom is -0.454 e. The first-order chi connectivity index (χ1) is 9.93. The molecule has 3 rings (SSSR count). The van der Waals surface area contributed by atoms with Crippen molar-refractivity contribution in [2.24, 2.45) is 0 Å². The number of hydrogen-bond donors (Lipinski definition) is 1. The van der Waals surface area contributed by atoms with Crippen molar-refractivity contribution in [3.8, 4) is 22.8 Å². The SMILES string of the molecule is O=C(Nc1nc(-c2ccc3c(c2)OCO3)cs1)C(F)(F)F. The van der Waals surface area contributed by atoms with Gasteiger partial charge in [0.2, 0.25) is 6.79 Å². The van der Waals surface area contributed by atoms with E-state index in [2.05, 4.69) is 4.98 Å². The quantitative estimate of drug-likeness (QED) is 0.925. The summed E-state index contributed by atoms with van der Waals surface area (Å²) < 4.78 is 46.8. The van der Waals surface area contributed by atoms with Gasteiger partial charge in [0.1, 0.15) is 0 Å². The van der Waals surface area contributed by atoms with Gasteiger partial charge in [-0.1, -0.05) is 0 Å². The summed E-state index contributed by atoms with van der Waals surface area (Å²) in [6, 6.07) is 5.07. The number of carbonyl (C=O) groups is 1. The Balaban J connectivity index is 1.80. The average Bonchev–Trinajstić information content (AvgIpc) is 3.04. The minimum atomic E-state index is -4.94. The van der Waals surface area contributed by atoms with Crippen LogP contribution in [0, 0.1) is 0 Å². The first-order valence-electron chi connectivity index (χ1n) is 5.67. The molecule has 0 unspecified atom stereocenters. The number of hydrogen-bond acceptors (Lipinski definition) is 5. The third-order valence-corrected chi connectivity index (χ3v) is 3.41. The maximum absolute atomic E-state index is 12.1. The zero-order valence-corrected chi connectivity index (χ0v) is 11.0. The minimum absolute atomic E-state index is 0.120. The van der Waals surface area contributed by atoms with Gasteiger partial charge in [-0.3, -0.25) is 10.1 Å². The monoisotopic (exact) mass is 316 g/mol. The van der Waals surface area contributed by atoms with E-state index in [0.717, 1.165) is 11.3 Å². The number of ether oxygens (including phenoxy) is 2. The van der Waals surface area contributed by atoms with Crippen molar-refractivity contribution < 1.29 is 27.4 Å². The smallest absolute Gasteiger partial charge is 0.454 e. The highest BCUT2D eigenvalue weighted by molar-refractivity contribution is 7.14. The number of nitrogens with one attached hydrogen (secondary N) is 1. The third kappa shape index (κ3) is 2.77. The summed E-state index contributed by atoms with van der Waals surface area (Å²) in [7, 11) is 0. The van der Waals surface area contributed by atoms with E-state index in [1.165, 1.54) is 0 Å². The fraction of sp³-hybridized carbons (Fsp3) is 0.167. The third-order valence-electron chi connectivity index (χ3n) is 2.65. The highest BCUT2D eigenvalue weighted by atomic mass is 32.1. The molecule has 9 heteroatoms. The van der Waals surface area contributed by atoms with Gasteiger partial charge in [0.15, 0.2) is 16.6 Å². The molecule has 2 heterocycles. The van der Waals surface area contributed by atoms with E-state index in [1.54, 1.807) is 28.9 Å². The number of thiazole rings is 1. The topological polar surface area (TPSA) is 60.5 Å². The molecule has 21 heavy (non-hydrogen) atoms. The van der Waals surface area contributed by atoms with Crippen LogP contribution in [0.5, 0.6) is 11.5 Å². The van der Waals surface area contributed by atoms with Crippen molar-refractivity contribution in [1.29, 1.82) is 0 Å². The number of benzene rings is 1. The number of fused-ring (bicyclic) bond motifs is 1. The Hall–Kier alpha value is -2.29. The van der Waals surface area contributed by atoms with Gasteiger partial charge in [0.25, 0.3) is 0 Å². The van der Waals surface area contributed by atoms with E-state index in [0.29, 0.717) is 22.8 Å². The van der Waals surface area contributed by atoms with Crippen molar-refractivity contribution in [2.45, 2.75) is 6.18 Å². The van der Waals surface area contributed by atoms with Crippen LogP contribution in [-0.2, 0) is 4.79 Å². The Morgan fingerprint density at radius 2 is 2.05 bits per heavy atom. The van der Waals surface area contributed by atoms with Crippen molar-refractivity contribution in [3.63, 3.8) is 0 Å². The Morgan fingerprint density at radius 1 is 1.29 bits per heavy atom. The van der Waals surface area contributed by atoms with Gasteiger partial charge in [-0.25, -0.2) is 4.98 Å². The summed E-state index contributed by atoms with van der Waals surface area (Å²) in [5.41, 5.74) is 1.10. The second-order valence-corrected chi connectivity index (χ2v) is 4.92. The fourth-order valence-corrected chi connectivity index (χ4v) is 2.40. The molecule has 1 aliphatic rings. The van der Waals surface area contributed by atoms with Crippen LogP contribution in [0.1, 0.15) is 0 Å². The van der Waals surface area contributed by atoms with E-state index in [9.17, 15) is 18.0 Å². The fourth-order valence-electron chi connectivity index (χ4n) is 1.69. The number of carbonyl (C=O) groups excluding carboxylic acids is 1. The normalized spacial score (nSPS) is 13.3. The molecule has 1 amide bonds. The molecule has 5 nitrogen and oxygen atoms in total. The van der Waals surface area contributed by atoms with Crippen LogP contribution >= 0.6 is 11.3 Å². The largest absolute Gasteiger partial charge is 0.471 e. The van der Waals surface area contributed by atoms with Crippen molar-refractivity contribution in [2.75, 3.05) is 12.1 Å². The van der Waals surface area contributed by atoms with Crippen LogP contribution in [0.4, 0.5) is 18.3 Å². The molecule has 0 radical (unpaired) electrons. The van der Waals surface area contributed by atoms with Crippen LogP contribution in [0.3, 0.4) is 0 Å². The molecule has 1 aliphatic heterocycles. The van der Waals surface area contributed by atoms with Crippen LogP contribution < -0.4 is 14.8 Å². The molecule has 0 saturated carbocycles. The van der Waals surface area contributed by atoms with E-state index >= 15 is 0 Å². The van der Waals surface area contributed by atoms with E-state index in [4.69, 9.17) is 9.47 Å². The molecule has 2 aromatic rings. The molecule has 0 bridgehead atoms. The molecule has 0 fully saturated rings. The van der Waals surface area contributed by atoms with E-state index in [-0.39, 0.29) is 11.9 Å². The highest BCUT2D eigenvalue weighted by Gasteiger charge is 2.39. The van der Waals surface area contributed by atoms with Gasteiger partial charge in [0, 0.05) is 10.9 Å². The van der Waals surface area contributed by atoms with Gasteiger partial charge < -0.3 is 9.47 Å². The lowest BCUT2D eigenvalue weighted by Crippen LogP contribution is -2.29. The number of aromatic nitrogens is 1. The standard InChI is InChI=1S/C12H7F3N2O3S/c13-12(14,15)10(18)17-11-16-7(4-21-11)6-1-2-8-9(3-6)20-5-19-8/h1-4H,5H2,(H,16,17,18). The number of rotatable bonds is 2. The first-order valence-corrected chi connectivity index (χ1v) is 6.55. The number of halogens is 3. The van der Waals surface area contributed by atoms with Crippen LogP contribution in [0.2, 0.25) is 0 Å². The van der Waals surface area contributed by atoms with Gasteiger partial charge in [0.05, 0.1) is 5.69 Å². The van der Waals surface area contributed by atoms with E-state index < -0.39 is 12.1 Å². The number of amides is 1. The van der Waals surface area contributed by atoms with Gasteiger partial charge in [-0.2, -0.15) is 13.2 Å². The number of nitrogens with zero attached hydrogens (tertiary/aromatic N) is 1. The molecule has 1 aromatic carbocycles. The molecular weight excluding hydrogens is 309 g/mol. The van der Waals surface area contributed by atoms with Gasteiger partial charge >= 0.3 is 12.1 Å². The lowest BCUT2D eigenvalue weighted by Gasteiger charge is -2.04.